The Balaban J connectivity index is 0.00000420. The van der Waals surface area contributed by atoms with E-state index >= 15 is 0 Å². The first-order valence-electron chi connectivity index (χ1n) is 9.66. The largest absolute Gasteiger partial charge is 0.369 e. The fourth-order valence-corrected chi connectivity index (χ4v) is 2.96. The van der Waals surface area contributed by atoms with Gasteiger partial charge in [0, 0.05) is 13.1 Å². The molecule has 0 saturated carbocycles. The topological polar surface area (TPSA) is 79.5 Å². The number of hydrogen-bond donors (Lipinski definition) is 3. The van der Waals surface area contributed by atoms with Crippen molar-refractivity contribution in [2.45, 2.75) is 33.2 Å². The lowest BCUT2D eigenvalue weighted by atomic mass is 9.98. The second-order valence-electron chi connectivity index (χ2n) is 6.63. The number of carbonyl (C=O) groups excluding carboxylic acids is 1. The monoisotopic (exact) mass is 512 g/mol. The van der Waals surface area contributed by atoms with Crippen LogP contribution in [0.1, 0.15) is 30.5 Å². The number of amides is 1. The van der Waals surface area contributed by atoms with Crippen molar-refractivity contribution in [1.29, 1.82) is 0 Å². The van der Waals surface area contributed by atoms with Crippen molar-refractivity contribution in [3.63, 3.8) is 0 Å². The molecule has 2 aromatic carbocycles. The van der Waals surface area contributed by atoms with E-state index in [0.717, 1.165) is 12.0 Å². The highest BCUT2D eigenvalue weighted by Crippen LogP contribution is 2.11. The third-order valence-electron chi connectivity index (χ3n) is 4.56. The van der Waals surface area contributed by atoms with E-state index in [-0.39, 0.29) is 29.8 Å². The molecule has 0 aliphatic carbocycles. The van der Waals surface area contributed by atoms with Gasteiger partial charge in [-0.25, -0.2) is 9.38 Å². The summed E-state index contributed by atoms with van der Waals surface area (Å²) in [6.07, 6.45) is 1.40. The molecule has 29 heavy (non-hydrogen) atoms. The van der Waals surface area contributed by atoms with Crippen LogP contribution in [-0.4, -0.2) is 25.0 Å². The fourth-order valence-electron chi connectivity index (χ4n) is 2.96. The van der Waals surface area contributed by atoms with Gasteiger partial charge in [-0.05, 0) is 48.6 Å². The average Bonchev–Trinajstić information content (AvgIpc) is 2.70. The minimum atomic E-state index is -0.419. The maximum Gasteiger partial charge on any atom is 0.222 e. The number of nitrogens with two attached hydrogens (primary N) is 1. The normalized spacial score (nSPS) is 12.0. The van der Waals surface area contributed by atoms with Gasteiger partial charge in [0.15, 0.2) is 5.96 Å². The maximum atomic E-state index is 13.1. The van der Waals surface area contributed by atoms with Gasteiger partial charge in [-0.3, -0.25) is 4.79 Å². The number of aryl methyl sites for hydroxylation is 1. The zero-order valence-corrected chi connectivity index (χ0v) is 19.3. The van der Waals surface area contributed by atoms with E-state index < -0.39 is 11.8 Å². The molecular formula is C22H30FIN4O. The lowest BCUT2D eigenvalue weighted by Gasteiger charge is -2.17. The highest BCUT2D eigenvalue weighted by Gasteiger charge is 2.17. The molecule has 5 nitrogen and oxygen atoms in total. The highest BCUT2D eigenvalue weighted by molar-refractivity contribution is 14.0. The molecule has 4 N–H and O–H groups in total. The van der Waals surface area contributed by atoms with Crippen molar-refractivity contribution < 1.29 is 9.18 Å². The molecule has 0 spiro atoms. The summed E-state index contributed by atoms with van der Waals surface area (Å²) in [5, 5.41) is 6.40. The van der Waals surface area contributed by atoms with Gasteiger partial charge >= 0.3 is 0 Å². The number of halogens is 2. The van der Waals surface area contributed by atoms with Crippen LogP contribution in [0.15, 0.2) is 53.5 Å². The molecule has 158 valence electrons. The molecular weight excluding hydrogens is 482 g/mol. The zero-order valence-electron chi connectivity index (χ0n) is 17.0. The second-order valence-corrected chi connectivity index (χ2v) is 6.63. The van der Waals surface area contributed by atoms with Crippen LogP contribution in [-0.2, 0) is 24.2 Å². The van der Waals surface area contributed by atoms with Gasteiger partial charge in [0.25, 0.3) is 0 Å². The van der Waals surface area contributed by atoms with Crippen LogP contribution in [0.4, 0.5) is 4.39 Å². The fraction of sp³-hybridized carbons (Fsp3) is 0.364. The van der Waals surface area contributed by atoms with E-state index in [9.17, 15) is 9.18 Å². The molecule has 0 aromatic heterocycles. The van der Waals surface area contributed by atoms with Crippen LogP contribution in [0.5, 0.6) is 0 Å². The minimum Gasteiger partial charge on any atom is -0.369 e. The number of carbonyl (C=O) groups is 1. The van der Waals surface area contributed by atoms with Crippen LogP contribution in [0.3, 0.4) is 0 Å². The van der Waals surface area contributed by atoms with Crippen LogP contribution in [0.25, 0.3) is 0 Å². The lowest BCUT2D eigenvalue weighted by Crippen LogP contribution is -2.43. The molecule has 0 bridgehead atoms. The Morgan fingerprint density at radius 2 is 1.72 bits per heavy atom. The van der Waals surface area contributed by atoms with Crippen molar-refractivity contribution >= 4 is 35.8 Å². The molecule has 2 aromatic rings. The summed E-state index contributed by atoms with van der Waals surface area (Å²) in [7, 11) is 0. The van der Waals surface area contributed by atoms with Gasteiger partial charge in [0.05, 0.1) is 12.5 Å². The smallest absolute Gasteiger partial charge is 0.222 e. The summed E-state index contributed by atoms with van der Waals surface area (Å²) in [5.41, 5.74) is 8.88. The van der Waals surface area contributed by atoms with Crippen molar-refractivity contribution in [3.8, 4) is 0 Å². The quantitative estimate of drug-likeness (QED) is 0.274. The summed E-state index contributed by atoms with van der Waals surface area (Å²) < 4.78 is 13.1. The molecule has 7 heteroatoms. The van der Waals surface area contributed by atoms with Crippen molar-refractivity contribution in [1.82, 2.24) is 10.6 Å². The number of nitrogens with zero attached hydrogens (tertiary/aromatic N) is 1. The van der Waals surface area contributed by atoms with Crippen molar-refractivity contribution in [3.05, 3.63) is 71.0 Å². The molecule has 1 unspecified atom stereocenters. The van der Waals surface area contributed by atoms with Crippen molar-refractivity contribution in [2.75, 3.05) is 13.1 Å². The number of benzene rings is 2. The molecule has 0 radical (unpaired) electrons. The third kappa shape index (κ3) is 8.39. The second kappa shape index (κ2) is 13.1. The van der Waals surface area contributed by atoms with Gasteiger partial charge in [-0.1, -0.05) is 43.3 Å². The summed E-state index contributed by atoms with van der Waals surface area (Å²) in [6, 6.07) is 14.3. The standard InChI is InChI=1S/C22H29FN4O.HI/c1-3-17-7-5-6-8-18(17)14-26-22(25-4-2)27-15-19(21(24)28)13-16-9-11-20(23)12-10-16;/h5-12,19H,3-4,13-15H2,1-2H3,(H2,24,28)(H2,25,26,27);1H. The van der Waals surface area contributed by atoms with Gasteiger partial charge in [-0.15, -0.1) is 24.0 Å². The molecule has 2 rings (SSSR count). The first-order chi connectivity index (χ1) is 13.5. The number of hydrogen-bond acceptors (Lipinski definition) is 2. The van der Waals surface area contributed by atoms with Gasteiger partial charge < -0.3 is 16.4 Å². The average molecular weight is 512 g/mol. The van der Waals surface area contributed by atoms with Crippen LogP contribution in [0.2, 0.25) is 0 Å². The minimum absolute atomic E-state index is 0. The van der Waals surface area contributed by atoms with Crippen LogP contribution < -0.4 is 16.4 Å². The van der Waals surface area contributed by atoms with E-state index in [2.05, 4.69) is 34.7 Å². The van der Waals surface area contributed by atoms with Crippen LogP contribution >= 0.6 is 24.0 Å². The third-order valence-corrected chi connectivity index (χ3v) is 4.56. The van der Waals surface area contributed by atoms with E-state index in [0.29, 0.717) is 32.0 Å². The molecule has 0 heterocycles. The molecule has 0 fully saturated rings. The predicted octanol–water partition coefficient (Wildman–Crippen LogP) is 3.41. The Hall–Kier alpha value is -2.16. The van der Waals surface area contributed by atoms with Gasteiger partial charge in [0.1, 0.15) is 5.82 Å². The first-order valence-corrected chi connectivity index (χ1v) is 9.66. The highest BCUT2D eigenvalue weighted by atomic mass is 127. The van der Waals surface area contributed by atoms with Gasteiger partial charge in [0.2, 0.25) is 5.91 Å². The molecule has 1 atom stereocenters. The first kappa shape index (κ1) is 24.9. The summed E-state index contributed by atoms with van der Waals surface area (Å²) in [6.45, 7) is 5.73. The van der Waals surface area contributed by atoms with Crippen molar-refractivity contribution in [2.24, 2.45) is 16.6 Å². The number of rotatable bonds is 9. The number of nitrogens with one attached hydrogen (secondary N) is 2. The SMILES string of the molecule is CCNC(=NCc1ccccc1CC)NCC(Cc1ccc(F)cc1)C(N)=O.I. The molecule has 0 aliphatic rings. The predicted molar refractivity (Wildman–Crippen MR) is 127 cm³/mol. The van der Waals surface area contributed by atoms with E-state index in [1.54, 1.807) is 12.1 Å². The number of primary amides is 1. The van der Waals surface area contributed by atoms with E-state index in [4.69, 9.17) is 5.73 Å². The van der Waals surface area contributed by atoms with E-state index in [1.807, 2.05) is 19.1 Å². The molecule has 0 saturated heterocycles. The molecule has 1 amide bonds. The maximum absolute atomic E-state index is 13.1. The molecule has 0 aliphatic heterocycles. The Morgan fingerprint density at radius 3 is 2.31 bits per heavy atom. The lowest BCUT2D eigenvalue weighted by molar-refractivity contribution is -0.121. The Kier molecular flexibility index (Phi) is 11.3. The van der Waals surface area contributed by atoms with Crippen LogP contribution in [0, 0.1) is 11.7 Å². The summed E-state index contributed by atoms with van der Waals surface area (Å²) in [5.74, 6) is -0.480. The Labute approximate surface area is 189 Å². The zero-order chi connectivity index (χ0) is 20.4. The Morgan fingerprint density at radius 1 is 1.07 bits per heavy atom. The Bertz CT molecular complexity index is 796. The number of aliphatic imine (C=N–C) groups is 1. The number of guanidine groups is 1. The summed E-state index contributed by atoms with van der Waals surface area (Å²) >= 11 is 0. The van der Waals surface area contributed by atoms with E-state index in [1.165, 1.54) is 23.3 Å². The van der Waals surface area contributed by atoms with Gasteiger partial charge in [-0.2, -0.15) is 0 Å². The summed E-state index contributed by atoms with van der Waals surface area (Å²) in [4.78, 5) is 16.5.